The smallest absolute Gasteiger partial charge is 0.354 e. The molecule has 0 spiro atoms. The highest BCUT2D eigenvalue weighted by Crippen LogP contribution is 2.30. The van der Waals surface area contributed by atoms with Crippen molar-refractivity contribution in [2.75, 3.05) is 23.9 Å². The summed E-state index contributed by atoms with van der Waals surface area (Å²) in [5.74, 6) is 0.491. The first-order valence-corrected chi connectivity index (χ1v) is 7.00. The quantitative estimate of drug-likeness (QED) is 0.588. The van der Waals surface area contributed by atoms with Gasteiger partial charge in [-0.1, -0.05) is 13.3 Å². The molecule has 0 saturated carbocycles. The molecule has 118 valence electrons. The monoisotopic (exact) mass is 296 g/mol. The molecule has 1 rings (SSSR count). The van der Waals surface area contributed by atoms with Gasteiger partial charge in [-0.2, -0.15) is 0 Å². The van der Waals surface area contributed by atoms with Crippen LogP contribution in [0.25, 0.3) is 0 Å². The van der Waals surface area contributed by atoms with Crippen LogP contribution in [-0.2, 0) is 0 Å². The topological polar surface area (TPSA) is 96.2 Å². The number of hydrazine groups is 1. The number of hydrogen-bond acceptors (Lipinski definition) is 7. The molecule has 0 fully saturated rings. The first-order chi connectivity index (χ1) is 9.76. The number of anilines is 2. The van der Waals surface area contributed by atoms with E-state index in [1.54, 1.807) is 11.9 Å². The maximum absolute atomic E-state index is 11.4. The molecule has 0 aliphatic carbocycles. The number of rotatable bonds is 7. The van der Waals surface area contributed by atoms with Crippen LogP contribution < -0.4 is 15.8 Å². The number of nitrogens with zero attached hydrogens (tertiary/aromatic N) is 4. The third-order valence-electron chi connectivity index (χ3n) is 2.75. The maximum atomic E-state index is 11.4. The van der Waals surface area contributed by atoms with E-state index in [2.05, 4.69) is 27.7 Å². The normalized spacial score (nSPS) is 11.3. The molecule has 0 aliphatic rings. The molecule has 0 aliphatic heterocycles. The van der Waals surface area contributed by atoms with E-state index in [9.17, 15) is 10.1 Å². The van der Waals surface area contributed by atoms with Crippen LogP contribution in [0.3, 0.4) is 0 Å². The van der Waals surface area contributed by atoms with Crippen LogP contribution >= 0.6 is 0 Å². The Bertz CT molecular complexity index is 486. The number of unbranched alkanes of at least 4 members (excludes halogenated alkanes) is 1. The molecule has 8 heteroatoms. The summed E-state index contributed by atoms with van der Waals surface area (Å²) < 4.78 is 0. The fourth-order valence-electron chi connectivity index (χ4n) is 1.66. The van der Waals surface area contributed by atoms with Crippen molar-refractivity contribution < 1.29 is 4.92 Å². The third-order valence-corrected chi connectivity index (χ3v) is 2.75. The minimum atomic E-state index is -0.454. The van der Waals surface area contributed by atoms with Gasteiger partial charge in [0.15, 0.2) is 0 Å². The molecule has 1 heterocycles. The second kappa shape index (κ2) is 7.16. The van der Waals surface area contributed by atoms with Crippen LogP contribution in [0, 0.1) is 10.1 Å². The SMILES string of the molecule is CCCCN(C)c1ncnc(NNC(C)(C)C)c1[N+](=O)[O-]. The number of nitro groups is 1. The van der Waals surface area contributed by atoms with Crippen LogP contribution in [0.15, 0.2) is 6.33 Å². The second-order valence-corrected chi connectivity index (χ2v) is 5.93. The molecule has 1 aromatic heterocycles. The summed E-state index contributed by atoms with van der Waals surface area (Å²) in [4.78, 5) is 20.7. The van der Waals surface area contributed by atoms with Crippen LogP contribution in [0.1, 0.15) is 40.5 Å². The van der Waals surface area contributed by atoms with Crippen molar-refractivity contribution in [3.63, 3.8) is 0 Å². The van der Waals surface area contributed by atoms with E-state index in [-0.39, 0.29) is 17.0 Å². The molecule has 8 nitrogen and oxygen atoms in total. The summed E-state index contributed by atoms with van der Waals surface area (Å²) in [6, 6.07) is 0. The van der Waals surface area contributed by atoms with Crippen LogP contribution in [0.4, 0.5) is 17.3 Å². The zero-order valence-corrected chi connectivity index (χ0v) is 13.3. The van der Waals surface area contributed by atoms with Gasteiger partial charge in [0.25, 0.3) is 0 Å². The van der Waals surface area contributed by atoms with E-state index in [1.165, 1.54) is 6.33 Å². The van der Waals surface area contributed by atoms with E-state index in [0.29, 0.717) is 12.4 Å². The lowest BCUT2D eigenvalue weighted by Gasteiger charge is -2.22. The van der Waals surface area contributed by atoms with Gasteiger partial charge >= 0.3 is 5.69 Å². The molecule has 0 bridgehead atoms. The van der Waals surface area contributed by atoms with Gasteiger partial charge in [-0.15, -0.1) is 0 Å². The number of aromatic nitrogens is 2. The number of hydrogen-bond donors (Lipinski definition) is 2. The molecule has 21 heavy (non-hydrogen) atoms. The Kier molecular flexibility index (Phi) is 5.83. The summed E-state index contributed by atoms with van der Waals surface area (Å²) in [6.45, 7) is 8.62. The van der Waals surface area contributed by atoms with Crippen molar-refractivity contribution >= 4 is 17.3 Å². The lowest BCUT2D eigenvalue weighted by atomic mass is 10.1. The van der Waals surface area contributed by atoms with E-state index >= 15 is 0 Å². The molecule has 0 atom stereocenters. The average Bonchev–Trinajstić information content (AvgIpc) is 2.41. The molecular weight excluding hydrogens is 272 g/mol. The van der Waals surface area contributed by atoms with Crippen LogP contribution in [0.5, 0.6) is 0 Å². The molecule has 0 unspecified atom stereocenters. The van der Waals surface area contributed by atoms with Crippen molar-refractivity contribution in [1.29, 1.82) is 0 Å². The molecule has 2 N–H and O–H groups in total. The minimum absolute atomic E-state index is 0.118. The fraction of sp³-hybridized carbons (Fsp3) is 0.692. The Labute approximate surface area is 125 Å². The van der Waals surface area contributed by atoms with Gasteiger partial charge in [-0.25, -0.2) is 15.4 Å². The van der Waals surface area contributed by atoms with Gasteiger partial charge in [0, 0.05) is 19.1 Å². The van der Waals surface area contributed by atoms with Crippen LogP contribution in [-0.4, -0.2) is 34.0 Å². The summed E-state index contributed by atoms with van der Waals surface area (Å²) in [6.07, 6.45) is 3.29. The Balaban J connectivity index is 3.06. The first kappa shape index (κ1) is 17.1. The standard InChI is InChI=1S/C13H24N6O2/c1-6-7-8-18(5)12-10(19(20)21)11(14-9-15-12)16-17-13(2,3)4/h9,17H,6-8H2,1-5H3,(H,14,15,16). The van der Waals surface area contributed by atoms with E-state index in [1.807, 2.05) is 20.8 Å². The summed E-state index contributed by atoms with van der Waals surface area (Å²) in [5.41, 5.74) is 5.44. The van der Waals surface area contributed by atoms with E-state index < -0.39 is 4.92 Å². The fourth-order valence-corrected chi connectivity index (χ4v) is 1.66. The van der Waals surface area contributed by atoms with Crippen molar-refractivity contribution in [3.8, 4) is 0 Å². The molecular formula is C13H24N6O2. The lowest BCUT2D eigenvalue weighted by Crippen LogP contribution is -2.40. The van der Waals surface area contributed by atoms with Gasteiger partial charge in [-0.05, 0) is 27.2 Å². The van der Waals surface area contributed by atoms with Gasteiger partial charge < -0.3 is 4.90 Å². The Morgan fingerprint density at radius 1 is 1.38 bits per heavy atom. The second-order valence-electron chi connectivity index (χ2n) is 5.93. The highest BCUT2D eigenvalue weighted by Gasteiger charge is 2.26. The van der Waals surface area contributed by atoms with Gasteiger partial charge in [0.1, 0.15) is 6.33 Å². The Morgan fingerprint density at radius 3 is 2.57 bits per heavy atom. The summed E-state index contributed by atoms with van der Waals surface area (Å²) in [7, 11) is 1.80. The largest absolute Gasteiger partial charge is 0.354 e. The average molecular weight is 296 g/mol. The highest BCUT2D eigenvalue weighted by molar-refractivity contribution is 5.69. The van der Waals surface area contributed by atoms with Crippen molar-refractivity contribution in [2.24, 2.45) is 0 Å². The van der Waals surface area contributed by atoms with Gasteiger partial charge in [-0.3, -0.25) is 15.5 Å². The molecule has 0 aromatic carbocycles. The van der Waals surface area contributed by atoms with Gasteiger partial charge in [0.2, 0.25) is 11.6 Å². The van der Waals surface area contributed by atoms with Gasteiger partial charge in [0.05, 0.1) is 4.92 Å². The molecule has 0 amide bonds. The Morgan fingerprint density at radius 2 is 2.05 bits per heavy atom. The Hall–Kier alpha value is -1.96. The van der Waals surface area contributed by atoms with E-state index in [4.69, 9.17) is 0 Å². The predicted octanol–water partition coefficient (Wildman–Crippen LogP) is 2.34. The summed E-state index contributed by atoms with van der Waals surface area (Å²) >= 11 is 0. The van der Waals surface area contributed by atoms with Crippen molar-refractivity contribution in [3.05, 3.63) is 16.4 Å². The highest BCUT2D eigenvalue weighted by atomic mass is 16.6. The molecule has 0 saturated heterocycles. The third kappa shape index (κ3) is 5.14. The molecule has 0 radical (unpaired) electrons. The predicted molar refractivity (Wildman–Crippen MR) is 83.4 cm³/mol. The van der Waals surface area contributed by atoms with E-state index in [0.717, 1.165) is 12.8 Å². The summed E-state index contributed by atoms with van der Waals surface area (Å²) in [5, 5.41) is 11.4. The number of nitrogens with one attached hydrogen (secondary N) is 2. The first-order valence-electron chi connectivity index (χ1n) is 7.00. The lowest BCUT2D eigenvalue weighted by molar-refractivity contribution is -0.383. The van der Waals surface area contributed by atoms with Crippen LogP contribution in [0.2, 0.25) is 0 Å². The van der Waals surface area contributed by atoms with Crippen molar-refractivity contribution in [1.82, 2.24) is 15.4 Å². The zero-order chi connectivity index (χ0) is 16.0. The zero-order valence-electron chi connectivity index (χ0n) is 13.3. The van der Waals surface area contributed by atoms with Crippen molar-refractivity contribution in [2.45, 2.75) is 46.1 Å². The maximum Gasteiger partial charge on any atom is 0.354 e. The minimum Gasteiger partial charge on any atom is -0.354 e. The molecule has 1 aromatic rings.